The highest BCUT2D eigenvalue weighted by molar-refractivity contribution is 5.94. The van der Waals surface area contributed by atoms with E-state index in [4.69, 9.17) is 10.2 Å². The fourth-order valence-corrected chi connectivity index (χ4v) is 2.77. The Balaban J connectivity index is 0.000000411. The molecule has 0 aliphatic rings. The number of rotatable bonds is 14. The number of carbonyl (C=O) groups is 4. The van der Waals surface area contributed by atoms with Crippen LogP contribution in [0.2, 0.25) is 0 Å². The van der Waals surface area contributed by atoms with E-state index in [9.17, 15) is 19.2 Å². The van der Waals surface area contributed by atoms with E-state index in [1.165, 1.54) is 0 Å². The monoisotopic (exact) mass is 472 g/mol. The number of hydrogen-bond acceptors (Lipinski definition) is 6. The highest BCUT2D eigenvalue weighted by atomic mass is 16.4. The smallest absolute Gasteiger partial charge is 0.303 e. The van der Waals surface area contributed by atoms with Crippen molar-refractivity contribution in [2.75, 3.05) is 13.1 Å². The Hall–Kier alpha value is -3.82. The lowest BCUT2D eigenvalue weighted by atomic mass is 10.1. The number of carboxylic acid groups (broad SMARTS) is 2. The molecule has 10 nitrogen and oxygen atoms in total. The van der Waals surface area contributed by atoms with E-state index in [1.807, 2.05) is 0 Å². The number of nitrogens with one attached hydrogen (secondary N) is 2. The van der Waals surface area contributed by atoms with Gasteiger partial charge in [0.1, 0.15) is 0 Å². The van der Waals surface area contributed by atoms with Gasteiger partial charge in [-0.25, -0.2) is 0 Å². The second-order valence-corrected chi connectivity index (χ2v) is 7.39. The van der Waals surface area contributed by atoms with Crippen molar-refractivity contribution < 1.29 is 29.4 Å². The molecule has 184 valence electrons. The zero-order chi connectivity index (χ0) is 25.0. The first-order valence-electron chi connectivity index (χ1n) is 11.2. The van der Waals surface area contributed by atoms with E-state index in [-0.39, 0.29) is 24.7 Å². The van der Waals surface area contributed by atoms with Crippen LogP contribution in [0, 0.1) is 0 Å². The average Bonchev–Trinajstić information content (AvgIpc) is 2.84. The van der Waals surface area contributed by atoms with Crippen molar-refractivity contribution >= 4 is 23.8 Å². The van der Waals surface area contributed by atoms with Crippen LogP contribution in [0.4, 0.5) is 0 Å². The molecule has 2 aromatic heterocycles. The van der Waals surface area contributed by atoms with Gasteiger partial charge in [-0.15, -0.1) is 0 Å². The Bertz CT molecular complexity index is 804. The quantitative estimate of drug-likeness (QED) is 0.305. The van der Waals surface area contributed by atoms with Gasteiger partial charge < -0.3 is 20.8 Å². The molecule has 0 unspecified atom stereocenters. The van der Waals surface area contributed by atoms with Gasteiger partial charge in [-0.1, -0.05) is 12.8 Å². The van der Waals surface area contributed by atoms with E-state index in [1.54, 1.807) is 49.1 Å². The lowest BCUT2D eigenvalue weighted by Crippen LogP contribution is -2.27. The van der Waals surface area contributed by atoms with Crippen LogP contribution >= 0.6 is 0 Å². The van der Waals surface area contributed by atoms with Gasteiger partial charge in [0.15, 0.2) is 0 Å². The summed E-state index contributed by atoms with van der Waals surface area (Å²) in [5.41, 5.74) is 1.20. The lowest BCUT2D eigenvalue weighted by Gasteiger charge is -2.06. The van der Waals surface area contributed by atoms with Crippen molar-refractivity contribution in [1.29, 1.82) is 0 Å². The van der Waals surface area contributed by atoms with Crippen molar-refractivity contribution in [1.82, 2.24) is 20.6 Å². The molecule has 0 spiro atoms. The highest BCUT2D eigenvalue weighted by Gasteiger charge is 2.05. The van der Waals surface area contributed by atoms with Gasteiger partial charge in [0.05, 0.1) is 0 Å². The second kappa shape index (κ2) is 17.7. The van der Waals surface area contributed by atoms with Crippen LogP contribution in [0.5, 0.6) is 0 Å². The predicted octanol–water partition coefficient (Wildman–Crippen LogP) is 2.91. The summed E-state index contributed by atoms with van der Waals surface area (Å²) in [5, 5.41) is 22.2. The first-order valence-corrected chi connectivity index (χ1v) is 11.2. The van der Waals surface area contributed by atoms with E-state index in [0.29, 0.717) is 37.1 Å². The molecule has 34 heavy (non-hydrogen) atoms. The van der Waals surface area contributed by atoms with Crippen molar-refractivity contribution in [2.45, 2.75) is 51.4 Å². The topological polar surface area (TPSA) is 159 Å². The summed E-state index contributed by atoms with van der Waals surface area (Å²) in [6.45, 7) is 1.15. The average molecular weight is 473 g/mol. The molecule has 10 heteroatoms. The highest BCUT2D eigenvalue weighted by Crippen LogP contribution is 2.05. The SMILES string of the molecule is O=C(NCCCCNC(=O)c1ccncc1)c1ccncc1.O=C(O)CCCCCCC(=O)O. The third kappa shape index (κ3) is 14.3. The number of carboxylic acids is 2. The number of aromatic nitrogens is 2. The maximum Gasteiger partial charge on any atom is 0.303 e. The zero-order valence-corrected chi connectivity index (χ0v) is 19.1. The second-order valence-electron chi connectivity index (χ2n) is 7.39. The molecule has 0 saturated heterocycles. The van der Waals surface area contributed by atoms with Crippen LogP contribution in [0.15, 0.2) is 49.1 Å². The maximum absolute atomic E-state index is 11.8. The van der Waals surface area contributed by atoms with Crippen LogP contribution in [0.3, 0.4) is 0 Å². The number of nitrogens with zero attached hydrogens (tertiary/aromatic N) is 2. The molecular weight excluding hydrogens is 440 g/mol. The van der Waals surface area contributed by atoms with E-state index < -0.39 is 11.9 Å². The first kappa shape index (κ1) is 28.2. The van der Waals surface area contributed by atoms with Crippen LogP contribution in [0.25, 0.3) is 0 Å². The van der Waals surface area contributed by atoms with Gasteiger partial charge in [0.2, 0.25) is 0 Å². The number of aliphatic carboxylic acids is 2. The molecular formula is C24H32N4O6. The van der Waals surface area contributed by atoms with E-state index >= 15 is 0 Å². The van der Waals surface area contributed by atoms with Crippen molar-refractivity contribution in [3.63, 3.8) is 0 Å². The molecule has 0 fully saturated rings. The van der Waals surface area contributed by atoms with Gasteiger partial charge in [-0.05, 0) is 49.9 Å². The van der Waals surface area contributed by atoms with Crippen LogP contribution in [0.1, 0.15) is 72.1 Å². The third-order valence-electron chi connectivity index (χ3n) is 4.59. The van der Waals surface area contributed by atoms with Crippen LogP contribution in [-0.4, -0.2) is 57.0 Å². The number of pyridine rings is 2. The summed E-state index contributed by atoms with van der Waals surface area (Å²) < 4.78 is 0. The molecule has 4 N–H and O–H groups in total. The molecule has 0 aliphatic heterocycles. The fourth-order valence-electron chi connectivity index (χ4n) is 2.77. The van der Waals surface area contributed by atoms with Crippen LogP contribution in [-0.2, 0) is 9.59 Å². The number of carbonyl (C=O) groups excluding carboxylic acids is 2. The summed E-state index contributed by atoms with van der Waals surface area (Å²) in [6, 6.07) is 6.68. The zero-order valence-electron chi connectivity index (χ0n) is 19.1. The Kier molecular flexibility index (Phi) is 14.7. The molecule has 0 aliphatic carbocycles. The Morgan fingerprint density at radius 2 is 0.941 bits per heavy atom. The predicted molar refractivity (Wildman–Crippen MR) is 125 cm³/mol. The molecule has 0 aromatic carbocycles. The first-order chi connectivity index (χ1) is 16.4. The molecule has 2 rings (SSSR count). The molecule has 0 radical (unpaired) electrons. The van der Waals surface area contributed by atoms with E-state index in [0.717, 1.165) is 25.7 Å². The summed E-state index contributed by atoms with van der Waals surface area (Å²) in [4.78, 5) is 51.3. The maximum atomic E-state index is 11.8. The molecule has 0 saturated carbocycles. The molecule has 0 atom stereocenters. The summed E-state index contributed by atoms with van der Waals surface area (Å²) in [6.07, 6.45) is 11.2. The molecule has 0 bridgehead atoms. The largest absolute Gasteiger partial charge is 0.481 e. The number of hydrogen-bond donors (Lipinski definition) is 4. The minimum atomic E-state index is -0.784. The number of unbranched alkanes of at least 4 members (excludes halogenated alkanes) is 4. The van der Waals surface area contributed by atoms with Crippen molar-refractivity contribution in [2.24, 2.45) is 0 Å². The van der Waals surface area contributed by atoms with Gasteiger partial charge in [-0.2, -0.15) is 0 Å². The van der Waals surface area contributed by atoms with Gasteiger partial charge in [-0.3, -0.25) is 29.1 Å². The number of amides is 2. The lowest BCUT2D eigenvalue weighted by molar-refractivity contribution is -0.138. The normalized spacial score (nSPS) is 9.88. The van der Waals surface area contributed by atoms with E-state index in [2.05, 4.69) is 20.6 Å². The minimum Gasteiger partial charge on any atom is -0.481 e. The Labute approximate surface area is 198 Å². The van der Waals surface area contributed by atoms with Gasteiger partial charge in [0, 0.05) is 61.8 Å². The molecule has 2 amide bonds. The minimum absolute atomic E-state index is 0.108. The standard InChI is InChI=1S/C16H18N4O2.C8H14O4/c21-15(13-3-9-17-10-4-13)19-7-1-2-8-20-16(22)14-5-11-18-12-6-14;9-7(10)5-3-1-2-4-6-8(11)12/h3-6,9-12H,1-2,7-8H2,(H,19,21)(H,20,22);1-6H2,(H,9,10)(H,11,12). The van der Waals surface area contributed by atoms with Gasteiger partial charge >= 0.3 is 11.9 Å². The van der Waals surface area contributed by atoms with Crippen molar-refractivity contribution in [3.8, 4) is 0 Å². The molecule has 2 aromatic rings. The van der Waals surface area contributed by atoms with Crippen molar-refractivity contribution in [3.05, 3.63) is 60.2 Å². The Morgan fingerprint density at radius 3 is 1.26 bits per heavy atom. The summed E-state index contributed by atoms with van der Waals surface area (Å²) in [7, 11) is 0. The summed E-state index contributed by atoms with van der Waals surface area (Å²) >= 11 is 0. The third-order valence-corrected chi connectivity index (χ3v) is 4.59. The van der Waals surface area contributed by atoms with Crippen LogP contribution < -0.4 is 10.6 Å². The molecule has 2 heterocycles. The summed E-state index contributed by atoms with van der Waals surface area (Å²) in [5.74, 6) is -1.78. The Morgan fingerprint density at radius 1 is 0.588 bits per heavy atom. The van der Waals surface area contributed by atoms with Gasteiger partial charge in [0.25, 0.3) is 11.8 Å². The fraction of sp³-hybridized carbons (Fsp3) is 0.417.